The first kappa shape index (κ1) is 13.2. The van der Waals surface area contributed by atoms with Gasteiger partial charge in [-0.05, 0) is 60.1 Å². The molecular formula is C14H17IN2O2. The van der Waals surface area contributed by atoms with Crippen molar-refractivity contribution in [2.45, 2.75) is 25.4 Å². The molecule has 3 unspecified atom stereocenters. The quantitative estimate of drug-likeness (QED) is 0.740. The zero-order chi connectivity index (χ0) is 13.6. The number of fused-ring (bicyclic) bond motifs is 1. The van der Waals surface area contributed by atoms with Crippen LogP contribution < -0.4 is 5.32 Å². The van der Waals surface area contributed by atoms with Crippen LogP contribution in [0.1, 0.15) is 23.7 Å². The molecule has 2 fully saturated rings. The summed E-state index contributed by atoms with van der Waals surface area (Å²) in [5.74, 6) is 0.797. The third-order valence-electron chi connectivity index (χ3n) is 4.21. The van der Waals surface area contributed by atoms with Gasteiger partial charge in [-0.3, -0.25) is 4.79 Å². The van der Waals surface area contributed by atoms with Gasteiger partial charge in [0.2, 0.25) is 0 Å². The van der Waals surface area contributed by atoms with Gasteiger partial charge in [-0.25, -0.2) is 0 Å². The number of likely N-dealkylation sites (tertiary alicyclic amines) is 1. The van der Waals surface area contributed by atoms with Crippen molar-refractivity contribution in [1.29, 1.82) is 0 Å². The van der Waals surface area contributed by atoms with Crippen molar-refractivity contribution in [2.24, 2.45) is 5.92 Å². The molecule has 3 rings (SSSR count). The number of benzene rings is 1. The molecule has 2 saturated heterocycles. The summed E-state index contributed by atoms with van der Waals surface area (Å²) < 4.78 is 0.768. The van der Waals surface area contributed by atoms with Crippen LogP contribution in [0.5, 0.6) is 5.75 Å². The summed E-state index contributed by atoms with van der Waals surface area (Å²) in [5.41, 5.74) is 0.581. The number of phenolic OH excluding ortho intramolecular Hbond substituents is 1. The molecule has 3 atom stereocenters. The van der Waals surface area contributed by atoms with Crippen molar-refractivity contribution in [2.75, 3.05) is 13.1 Å². The molecule has 5 heteroatoms. The van der Waals surface area contributed by atoms with Crippen LogP contribution in [-0.2, 0) is 0 Å². The first-order valence-electron chi connectivity index (χ1n) is 6.60. The van der Waals surface area contributed by atoms with Gasteiger partial charge in [-0.2, -0.15) is 0 Å². The number of rotatable bonds is 1. The van der Waals surface area contributed by atoms with Crippen LogP contribution in [0.2, 0.25) is 0 Å². The summed E-state index contributed by atoms with van der Waals surface area (Å²) in [5, 5.41) is 13.1. The molecular weight excluding hydrogens is 355 g/mol. The van der Waals surface area contributed by atoms with Gasteiger partial charge in [0, 0.05) is 30.7 Å². The minimum Gasteiger partial charge on any atom is -0.507 e. The number of aromatic hydroxyl groups is 1. The summed E-state index contributed by atoms with van der Waals surface area (Å²) in [6.45, 7) is 4.01. The zero-order valence-corrected chi connectivity index (χ0v) is 12.9. The average molecular weight is 372 g/mol. The van der Waals surface area contributed by atoms with Gasteiger partial charge in [-0.15, -0.1) is 0 Å². The molecule has 2 aliphatic rings. The second-order valence-corrected chi connectivity index (χ2v) is 6.61. The Kier molecular flexibility index (Phi) is 3.42. The molecule has 1 amide bonds. The Morgan fingerprint density at radius 2 is 2.26 bits per heavy atom. The minimum atomic E-state index is 0.0374. The van der Waals surface area contributed by atoms with Crippen LogP contribution in [0, 0.1) is 9.49 Å². The lowest BCUT2D eigenvalue weighted by molar-refractivity contribution is 0.0681. The average Bonchev–Trinajstić information content (AvgIpc) is 2.91. The Hall–Kier alpha value is -0.820. The van der Waals surface area contributed by atoms with E-state index in [4.69, 9.17) is 0 Å². The molecule has 19 heavy (non-hydrogen) atoms. The van der Waals surface area contributed by atoms with Crippen LogP contribution in [0.15, 0.2) is 18.2 Å². The van der Waals surface area contributed by atoms with Crippen LogP contribution in [-0.4, -0.2) is 41.1 Å². The fourth-order valence-corrected chi connectivity index (χ4v) is 3.64. The Morgan fingerprint density at radius 1 is 1.47 bits per heavy atom. The van der Waals surface area contributed by atoms with Crippen molar-refractivity contribution in [1.82, 2.24) is 10.2 Å². The molecule has 0 aliphatic carbocycles. The summed E-state index contributed by atoms with van der Waals surface area (Å²) in [7, 11) is 0. The van der Waals surface area contributed by atoms with Gasteiger partial charge in [0.25, 0.3) is 5.91 Å². The van der Waals surface area contributed by atoms with Crippen molar-refractivity contribution >= 4 is 28.5 Å². The van der Waals surface area contributed by atoms with Crippen molar-refractivity contribution in [3.05, 3.63) is 27.3 Å². The van der Waals surface area contributed by atoms with Gasteiger partial charge < -0.3 is 15.3 Å². The number of amides is 1. The van der Waals surface area contributed by atoms with Gasteiger partial charge >= 0.3 is 0 Å². The molecule has 4 nitrogen and oxygen atoms in total. The summed E-state index contributed by atoms with van der Waals surface area (Å²) in [6, 6.07) is 5.75. The molecule has 1 aromatic carbocycles. The van der Waals surface area contributed by atoms with Crippen molar-refractivity contribution in [3.63, 3.8) is 0 Å². The maximum atomic E-state index is 12.6. The number of nitrogens with one attached hydrogen (secondary N) is 1. The first-order chi connectivity index (χ1) is 9.08. The van der Waals surface area contributed by atoms with E-state index >= 15 is 0 Å². The van der Waals surface area contributed by atoms with Gasteiger partial charge in [0.1, 0.15) is 5.75 Å². The number of carbonyl (C=O) groups is 1. The Balaban J connectivity index is 1.88. The van der Waals surface area contributed by atoms with Crippen molar-refractivity contribution in [3.8, 4) is 5.75 Å². The highest BCUT2D eigenvalue weighted by Crippen LogP contribution is 2.34. The number of halogens is 1. The van der Waals surface area contributed by atoms with E-state index in [9.17, 15) is 9.90 Å². The fourth-order valence-electron chi connectivity index (χ4n) is 3.31. The summed E-state index contributed by atoms with van der Waals surface area (Å²) >= 11 is 2.06. The smallest absolute Gasteiger partial charge is 0.254 e. The highest BCUT2D eigenvalue weighted by atomic mass is 127. The Bertz CT molecular complexity index is 520. The lowest BCUT2D eigenvalue weighted by atomic mass is 10.0. The number of hydrogen-bond acceptors (Lipinski definition) is 3. The highest BCUT2D eigenvalue weighted by molar-refractivity contribution is 14.1. The van der Waals surface area contributed by atoms with E-state index in [1.807, 2.05) is 4.90 Å². The number of hydrogen-bond donors (Lipinski definition) is 2. The monoisotopic (exact) mass is 372 g/mol. The molecule has 0 radical (unpaired) electrons. The van der Waals surface area contributed by atoms with E-state index in [2.05, 4.69) is 34.8 Å². The highest BCUT2D eigenvalue weighted by Gasteiger charge is 2.44. The standard InChI is InChI=1S/C14H17IN2O2/c1-8-4-10-6-16-7-12(10)17(8)14(19)9-2-3-11(15)13(18)5-9/h2-3,5,8,10,12,16,18H,4,6-7H2,1H3. The lowest BCUT2D eigenvalue weighted by Gasteiger charge is -2.27. The fraction of sp³-hybridized carbons (Fsp3) is 0.500. The summed E-state index contributed by atoms with van der Waals surface area (Å²) in [6.07, 6.45) is 1.07. The molecule has 0 aromatic heterocycles. The number of nitrogens with zero attached hydrogens (tertiary/aromatic N) is 1. The molecule has 2 heterocycles. The van der Waals surface area contributed by atoms with Crippen LogP contribution >= 0.6 is 22.6 Å². The van der Waals surface area contributed by atoms with Crippen molar-refractivity contribution < 1.29 is 9.90 Å². The van der Waals surface area contributed by atoms with E-state index in [1.54, 1.807) is 18.2 Å². The largest absolute Gasteiger partial charge is 0.507 e. The summed E-state index contributed by atoms with van der Waals surface area (Å²) in [4.78, 5) is 14.6. The normalized spacial score (nSPS) is 29.6. The third-order valence-corrected chi connectivity index (χ3v) is 5.12. The molecule has 1 aromatic rings. The third kappa shape index (κ3) is 2.23. The zero-order valence-electron chi connectivity index (χ0n) is 10.8. The minimum absolute atomic E-state index is 0.0374. The molecule has 0 saturated carbocycles. The van der Waals surface area contributed by atoms with E-state index < -0.39 is 0 Å². The van der Waals surface area contributed by atoms with Crippen LogP contribution in [0.3, 0.4) is 0 Å². The second-order valence-electron chi connectivity index (χ2n) is 5.45. The van der Waals surface area contributed by atoms with E-state index in [0.717, 1.165) is 23.1 Å². The van der Waals surface area contributed by atoms with Gasteiger partial charge in [0.15, 0.2) is 0 Å². The van der Waals surface area contributed by atoms with Gasteiger partial charge in [-0.1, -0.05) is 0 Å². The molecule has 2 aliphatic heterocycles. The number of phenols is 1. The van der Waals surface area contributed by atoms with E-state index in [0.29, 0.717) is 17.5 Å². The topological polar surface area (TPSA) is 52.6 Å². The maximum absolute atomic E-state index is 12.6. The molecule has 102 valence electrons. The first-order valence-corrected chi connectivity index (χ1v) is 7.67. The molecule has 0 spiro atoms. The van der Waals surface area contributed by atoms with Crippen LogP contribution in [0.25, 0.3) is 0 Å². The van der Waals surface area contributed by atoms with Gasteiger partial charge in [0.05, 0.1) is 3.57 Å². The SMILES string of the molecule is CC1CC2CNCC2N1C(=O)c1ccc(I)c(O)c1. The van der Waals surface area contributed by atoms with Crippen LogP contribution in [0.4, 0.5) is 0 Å². The predicted octanol–water partition coefficient (Wildman–Crippen LogP) is 1.82. The van der Waals surface area contributed by atoms with E-state index in [-0.39, 0.29) is 17.7 Å². The molecule has 2 N–H and O–H groups in total. The molecule has 0 bridgehead atoms. The Labute approximate surface area is 126 Å². The Morgan fingerprint density at radius 3 is 3.00 bits per heavy atom. The number of carbonyl (C=O) groups excluding carboxylic acids is 1. The second kappa shape index (κ2) is 4.94. The lowest BCUT2D eigenvalue weighted by Crippen LogP contribution is -2.42. The van der Waals surface area contributed by atoms with E-state index in [1.165, 1.54) is 0 Å². The predicted molar refractivity (Wildman–Crippen MR) is 81.2 cm³/mol. The maximum Gasteiger partial charge on any atom is 0.254 e.